The summed E-state index contributed by atoms with van der Waals surface area (Å²) in [4.78, 5) is 11.2. The second-order valence-electron chi connectivity index (χ2n) is 3.72. The molecule has 17 heavy (non-hydrogen) atoms. The van der Waals surface area contributed by atoms with Gasteiger partial charge in [-0.05, 0) is 12.0 Å². The summed E-state index contributed by atoms with van der Waals surface area (Å²) in [5.41, 5.74) is 1.09. The van der Waals surface area contributed by atoms with E-state index in [1.807, 2.05) is 30.3 Å². The van der Waals surface area contributed by atoms with Gasteiger partial charge in [0, 0.05) is 0 Å². The van der Waals surface area contributed by atoms with E-state index in [0.29, 0.717) is 13.0 Å². The zero-order chi connectivity index (χ0) is 12.5. The molecular weight excluding hydrogens is 216 g/mol. The molecule has 0 radical (unpaired) electrons. The average Bonchev–Trinajstić information content (AvgIpc) is 2.37. The topological polar surface area (TPSA) is 35.5 Å². The first-order valence-corrected chi connectivity index (χ1v) is 5.59. The van der Waals surface area contributed by atoms with Crippen LogP contribution < -0.4 is 0 Å². The van der Waals surface area contributed by atoms with Crippen molar-refractivity contribution in [2.24, 2.45) is 0 Å². The molecule has 0 aliphatic carbocycles. The van der Waals surface area contributed by atoms with Gasteiger partial charge in [-0.25, -0.2) is 0 Å². The van der Waals surface area contributed by atoms with E-state index in [2.05, 4.69) is 11.3 Å². The third kappa shape index (κ3) is 5.31. The van der Waals surface area contributed by atoms with Crippen LogP contribution >= 0.6 is 0 Å². The SMILES string of the molecule is C=CC[C@@H](CC(=O)OC)OCc1ccccc1. The van der Waals surface area contributed by atoms with E-state index >= 15 is 0 Å². The molecular formula is C14H18O3. The maximum absolute atomic E-state index is 11.2. The molecule has 1 aromatic rings. The molecule has 3 nitrogen and oxygen atoms in total. The molecule has 0 heterocycles. The Morgan fingerprint density at radius 2 is 2.12 bits per heavy atom. The Morgan fingerprint density at radius 1 is 1.41 bits per heavy atom. The molecule has 0 aromatic heterocycles. The number of benzene rings is 1. The normalized spacial score (nSPS) is 11.8. The van der Waals surface area contributed by atoms with Crippen molar-refractivity contribution in [1.82, 2.24) is 0 Å². The Bertz CT molecular complexity index is 346. The number of ether oxygens (including phenoxy) is 2. The van der Waals surface area contributed by atoms with E-state index in [1.165, 1.54) is 7.11 Å². The average molecular weight is 234 g/mol. The maximum atomic E-state index is 11.2. The lowest BCUT2D eigenvalue weighted by Gasteiger charge is -2.15. The van der Waals surface area contributed by atoms with E-state index in [9.17, 15) is 4.79 Å². The third-order valence-electron chi connectivity index (χ3n) is 2.38. The van der Waals surface area contributed by atoms with Crippen LogP contribution in [0, 0.1) is 0 Å². The number of carbonyl (C=O) groups excluding carboxylic acids is 1. The zero-order valence-electron chi connectivity index (χ0n) is 10.1. The molecule has 0 aliphatic heterocycles. The first-order valence-electron chi connectivity index (χ1n) is 5.59. The number of rotatable bonds is 7. The van der Waals surface area contributed by atoms with Crippen molar-refractivity contribution < 1.29 is 14.3 Å². The van der Waals surface area contributed by atoms with Crippen molar-refractivity contribution >= 4 is 5.97 Å². The Balaban J connectivity index is 2.44. The molecule has 0 fully saturated rings. The molecule has 1 atom stereocenters. The van der Waals surface area contributed by atoms with E-state index in [1.54, 1.807) is 6.08 Å². The first kappa shape index (κ1) is 13.5. The van der Waals surface area contributed by atoms with E-state index in [0.717, 1.165) is 5.56 Å². The van der Waals surface area contributed by atoms with Crippen molar-refractivity contribution in [2.75, 3.05) is 7.11 Å². The maximum Gasteiger partial charge on any atom is 0.308 e. The monoisotopic (exact) mass is 234 g/mol. The molecule has 92 valence electrons. The summed E-state index contributed by atoms with van der Waals surface area (Å²) < 4.78 is 10.3. The van der Waals surface area contributed by atoms with Gasteiger partial charge >= 0.3 is 5.97 Å². The first-order chi connectivity index (χ1) is 8.26. The molecule has 0 amide bonds. The lowest BCUT2D eigenvalue weighted by atomic mass is 10.2. The van der Waals surface area contributed by atoms with Gasteiger partial charge in [0.1, 0.15) is 0 Å². The van der Waals surface area contributed by atoms with Gasteiger partial charge < -0.3 is 9.47 Å². The van der Waals surface area contributed by atoms with Crippen molar-refractivity contribution in [3.63, 3.8) is 0 Å². The van der Waals surface area contributed by atoms with Gasteiger partial charge in [-0.2, -0.15) is 0 Å². The van der Waals surface area contributed by atoms with Crippen molar-refractivity contribution in [2.45, 2.75) is 25.6 Å². The Hall–Kier alpha value is -1.61. The highest BCUT2D eigenvalue weighted by Crippen LogP contribution is 2.10. The summed E-state index contributed by atoms with van der Waals surface area (Å²) in [7, 11) is 1.38. The molecule has 0 spiro atoms. The number of esters is 1. The molecule has 0 saturated heterocycles. The highest BCUT2D eigenvalue weighted by atomic mass is 16.5. The van der Waals surface area contributed by atoms with Gasteiger partial charge in [-0.3, -0.25) is 4.79 Å². The quantitative estimate of drug-likeness (QED) is 0.537. The van der Waals surface area contributed by atoms with E-state index < -0.39 is 0 Å². The van der Waals surface area contributed by atoms with E-state index in [4.69, 9.17) is 4.74 Å². The van der Waals surface area contributed by atoms with Crippen LogP contribution in [0.25, 0.3) is 0 Å². The van der Waals surface area contributed by atoms with Gasteiger partial charge in [-0.1, -0.05) is 36.4 Å². The van der Waals surface area contributed by atoms with Gasteiger partial charge in [0.15, 0.2) is 0 Å². The highest BCUT2D eigenvalue weighted by Gasteiger charge is 2.13. The summed E-state index contributed by atoms with van der Waals surface area (Å²) in [6.07, 6.45) is 2.48. The lowest BCUT2D eigenvalue weighted by molar-refractivity contribution is -0.144. The fraction of sp³-hybridized carbons (Fsp3) is 0.357. The Kier molecular flexibility index (Phi) is 6.04. The molecule has 0 aliphatic rings. The standard InChI is InChI=1S/C14H18O3/c1-3-7-13(10-14(15)16-2)17-11-12-8-5-4-6-9-12/h3-6,8-9,13H,1,7,10-11H2,2H3/t13-/m0/s1. The third-order valence-corrected chi connectivity index (χ3v) is 2.38. The number of carbonyl (C=O) groups is 1. The molecule has 1 aromatic carbocycles. The molecule has 0 saturated carbocycles. The number of hydrogen-bond donors (Lipinski definition) is 0. The lowest BCUT2D eigenvalue weighted by Crippen LogP contribution is -2.18. The summed E-state index contributed by atoms with van der Waals surface area (Å²) in [5, 5.41) is 0. The van der Waals surface area contributed by atoms with Gasteiger partial charge in [0.2, 0.25) is 0 Å². The van der Waals surface area contributed by atoms with Crippen molar-refractivity contribution in [3.05, 3.63) is 48.6 Å². The summed E-state index contributed by atoms with van der Waals surface area (Å²) in [6, 6.07) is 9.86. The summed E-state index contributed by atoms with van der Waals surface area (Å²) in [6.45, 7) is 4.15. The van der Waals surface area contributed by atoms with Crippen LogP contribution in [0.2, 0.25) is 0 Å². The van der Waals surface area contributed by atoms with Crippen LogP contribution in [0.15, 0.2) is 43.0 Å². The number of hydrogen-bond acceptors (Lipinski definition) is 3. The second kappa shape index (κ2) is 7.63. The van der Waals surface area contributed by atoms with Crippen molar-refractivity contribution in [1.29, 1.82) is 0 Å². The molecule has 1 rings (SSSR count). The van der Waals surface area contributed by atoms with Crippen LogP contribution in [-0.2, 0) is 20.9 Å². The zero-order valence-corrected chi connectivity index (χ0v) is 10.1. The minimum Gasteiger partial charge on any atom is -0.469 e. The van der Waals surface area contributed by atoms with Crippen molar-refractivity contribution in [3.8, 4) is 0 Å². The molecule has 0 bridgehead atoms. The van der Waals surface area contributed by atoms with Gasteiger partial charge in [0.25, 0.3) is 0 Å². The highest BCUT2D eigenvalue weighted by molar-refractivity contribution is 5.69. The predicted octanol–water partition coefficient (Wildman–Crippen LogP) is 2.71. The van der Waals surface area contributed by atoms with Crippen LogP contribution in [0.4, 0.5) is 0 Å². The largest absolute Gasteiger partial charge is 0.469 e. The summed E-state index contributed by atoms with van der Waals surface area (Å²) in [5.74, 6) is -0.259. The second-order valence-corrected chi connectivity index (χ2v) is 3.72. The molecule has 0 unspecified atom stereocenters. The fourth-order valence-corrected chi connectivity index (χ4v) is 1.45. The molecule has 0 N–H and O–H groups in total. The molecule has 3 heteroatoms. The van der Waals surface area contributed by atoms with Crippen LogP contribution in [0.5, 0.6) is 0 Å². The Labute approximate surface area is 102 Å². The predicted molar refractivity (Wildman–Crippen MR) is 66.5 cm³/mol. The summed E-state index contributed by atoms with van der Waals surface area (Å²) >= 11 is 0. The van der Waals surface area contributed by atoms with Gasteiger partial charge in [0.05, 0.1) is 26.2 Å². The van der Waals surface area contributed by atoms with Crippen LogP contribution in [0.1, 0.15) is 18.4 Å². The minimum absolute atomic E-state index is 0.167. The smallest absolute Gasteiger partial charge is 0.308 e. The van der Waals surface area contributed by atoms with Crippen LogP contribution in [-0.4, -0.2) is 19.2 Å². The number of methoxy groups -OCH3 is 1. The van der Waals surface area contributed by atoms with Gasteiger partial charge in [-0.15, -0.1) is 6.58 Å². The Morgan fingerprint density at radius 3 is 2.71 bits per heavy atom. The minimum atomic E-state index is -0.259. The van der Waals surface area contributed by atoms with E-state index in [-0.39, 0.29) is 18.5 Å². The van der Waals surface area contributed by atoms with Crippen LogP contribution in [0.3, 0.4) is 0 Å². The fourth-order valence-electron chi connectivity index (χ4n) is 1.45.